The Morgan fingerprint density at radius 3 is 2.60 bits per heavy atom. The highest BCUT2D eigenvalue weighted by Crippen LogP contribution is 2.34. The molecule has 0 saturated carbocycles. The van der Waals surface area contributed by atoms with E-state index in [1.807, 2.05) is 13.8 Å². The zero-order valence-electron chi connectivity index (χ0n) is 9.63. The Kier molecular flexibility index (Phi) is 4.17. The summed E-state index contributed by atoms with van der Waals surface area (Å²) < 4.78 is 1.78. The van der Waals surface area contributed by atoms with E-state index in [1.165, 1.54) is 0 Å². The molecule has 86 valence electrons. The van der Waals surface area contributed by atoms with Crippen molar-refractivity contribution in [1.29, 1.82) is 0 Å². The van der Waals surface area contributed by atoms with Gasteiger partial charge >= 0.3 is 0 Å². The van der Waals surface area contributed by atoms with Crippen LogP contribution < -0.4 is 0 Å². The van der Waals surface area contributed by atoms with Gasteiger partial charge < -0.3 is 5.11 Å². The van der Waals surface area contributed by atoms with Crippen LogP contribution in [0.4, 0.5) is 0 Å². The topological polar surface area (TPSA) is 38.1 Å². The third kappa shape index (κ3) is 2.34. The quantitative estimate of drug-likeness (QED) is 0.845. The van der Waals surface area contributed by atoms with Crippen LogP contribution in [0.5, 0.6) is 0 Å². The summed E-state index contributed by atoms with van der Waals surface area (Å²) in [5.41, 5.74) is -0.0748. The number of aryl methyl sites for hydroxylation is 1. The molecule has 0 bridgehead atoms. The average molecular weight is 231 g/mol. The van der Waals surface area contributed by atoms with Gasteiger partial charge in [-0.15, -0.1) is 0 Å². The number of halogens is 1. The number of hydrogen-bond acceptors (Lipinski definition) is 2. The van der Waals surface area contributed by atoms with Crippen molar-refractivity contribution in [3.05, 3.63) is 16.9 Å². The molecule has 1 aromatic rings. The highest BCUT2D eigenvalue weighted by molar-refractivity contribution is 6.31. The van der Waals surface area contributed by atoms with Crippen LogP contribution in [0.3, 0.4) is 0 Å². The molecule has 0 fully saturated rings. The molecule has 1 atom stereocenters. The molecule has 0 aromatic carbocycles. The maximum atomic E-state index is 10.5. The van der Waals surface area contributed by atoms with E-state index in [-0.39, 0.29) is 0 Å². The summed E-state index contributed by atoms with van der Waals surface area (Å²) in [4.78, 5) is 0. The Morgan fingerprint density at radius 1 is 1.47 bits per heavy atom. The lowest BCUT2D eigenvalue weighted by atomic mass is 9.91. The second-order valence-electron chi connectivity index (χ2n) is 3.79. The van der Waals surface area contributed by atoms with Crippen LogP contribution in [-0.2, 0) is 12.1 Å². The lowest BCUT2D eigenvalue weighted by Crippen LogP contribution is -2.28. The molecule has 1 aromatic heterocycles. The van der Waals surface area contributed by atoms with Crippen LogP contribution in [-0.4, -0.2) is 14.9 Å². The van der Waals surface area contributed by atoms with Crippen molar-refractivity contribution >= 4 is 11.6 Å². The van der Waals surface area contributed by atoms with Crippen LogP contribution >= 0.6 is 11.6 Å². The SMILES string of the molecule is CCCC(O)(CC)c1c(Cl)cnn1CC. The van der Waals surface area contributed by atoms with E-state index < -0.39 is 5.60 Å². The minimum Gasteiger partial charge on any atom is -0.384 e. The Morgan fingerprint density at radius 2 is 2.13 bits per heavy atom. The molecule has 0 aliphatic carbocycles. The Balaban J connectivity index is 3.15. The number of aromatic nitrogens is 2. The second-order valence-corrected chi connectivity index (χ2v) is 4.20. The lowest BCUT2D eigenvalue weighted by molar-refractivity contribution is 0.0140. The first-order valence-electron chi connectivity index (χ1n) is 5.53. The van der Waals surface area contributed by atoms with Crippen LogP contribution in [0.1, 0.15) is 45.7 Å². The molecule has 0 saturated heterocycles. The minimum absolute atomic E-state index is 0.564. The van der Waals surface area contributed by atoms with Gasteiger partial charge in [-0.05, 0) is 19.8 Å². The molecule has 4 heteroatoms. The molecule has 0 radical (unpaired) electrons. The summed E-state index contributed by atoms with van der Waals surface area (Å²) in [5.74, 6) is 0. The third-order valence-corrected chi connectivity index (χ3v) is 3.06. The predicted octanol–water partition coefficient (Wildman–Crippen LogP) is 2.95. The van der Waals surface area contributed by atoms with Crippen molar-refractivity contribution in [3.63, 3.8) is 0 Å². The van der Waals surface area contributed by atoms with E-state index in [4.69, 9.17) is 11.6 Å². The molecule has 0 spiro atoms. The van der Waals surface area contributed by atoms with E-state index in [9.17, 15) is 5.11 Å². The van der Waals surface area contributed by atoms with E-state index in [0.717, 1.165) is 25.1 Å². The maximum absolute atomic E-state index is 10.5. The average Bonchev–Trinajstić information content (AvgIpc) is 2.60. The summed E-state index contributed by atoms with van der Waals surface area (Å²) >= 11 is 6.08. The van der Waals surface area contributed by atoms with Gasteiger partial charge in [-0.1, -0.05) is 31.9 Å². The van der Waals surface area contributed by atoms with Crippen LogP contribution in [0.25, 0.3) is 0 Å². The van der Waals surface area contributed by atoms with Gasteiger partial charge in [-0.2, -0.15) is 5.10 Å². The molecule has 1 rings (SSSR count). The van der Waals surface area contributed by atoms with Gasteiger partial charge in [0.2, 0.25) is 0 Å². The van der Waals surface area contributed by atoms with Crippen LogP contribution in [0.2, 0.25) is 5.02 Å². The fourth-order valence-corrected chi connectivity index (χ4v) is 2.26. The van der Waals surface area contributed by atoms with Crippen molar-refractivity contribution in [2.45, 2.75) is 52.2 Å². The molecular formula is C11H19ClN2O. The number of nitrogens with zero attached hydrogens (tertiary/aromatic N) is 2. The van der Waals surface area contributed by atoms with Crippen LogP contribution in [0, 0.1) is 0 Å². The highest BCUT2D eigenvalue weighted by atomic mass is 35.5. The summed E-state index contributed by atoms with van der Waals surface area (Å²) in [6.07, 6.45) is 3.91. The van der Waals surface area contributed by atoms with Gasteiger partial charge in [0, 0.05) is 6.54 Å². The zero-order chi connectivity index (χ0) is 11.5. The Labute approximate surface area is 96.1 Å². The molecule has 1 N–H and O–H groups in total. The van der Waals surface area contributed by atoms with Gasteiger partial charge in [0.25, 0.3) is 0 Å². The van der Waals surface area contributed by atoms with E-state index in [1.54, 1.807) is 10.9 Å². The van der Waals surface area contributed by atoms with Crippen molar-refractivity contribution in [1.82, 2.24) is 9.78 Å². The van der Waals surface area contributed by atoms with Crippen molar-refractivity contribution in [2.75, 3.05) is 0 Å². The highest BCUT2D eigenvalue weighted by Gasteiger charge is 2.32. The molecule has 1 heterocycles. The van der Waals surface area contributed by atoms with E-state index >= 15 is 0 Å². The van der Waals surface area contributed by atoms with E-state index in [2.05, 4.69) is 12.0 Å². The molecule has 0 aliphatic rings. The summed E-state index contributed by atoms with van der Waals surface area (Å²) in [6, 6.07) is 0. The summed E-state index contributed by atoms with van der Waals surface area (Å²) in [7, 11) is 0. The molecule has 0 amide bonds. The largest absolute Gasteiger partial charge is 0.384 e. The molecule has 1 unspecified atom stereocenters. The van der Waals surface area contributed by atoms with Crippen molar-refractivity contribution in [2.24, 2.45) is 0 Å². The normalized spacial score (nSPS) is 15.3. The van der Waals surface area contributed by atoms with Crippen LogP contribution in [0.15, 0.2) is 6.20 Å². The van der Waals surface area contributed by atoms with Gasteiger partial charge in [0.05, 0.1) is 16.9 Å². The van der Waals surface area contributed by atoms with Crippen molar-refractivity contribution < 1.29 is 5.11 Å². The minimum atomic E-state index is -0.835. The third-order valence-electron chi connectivity index (χ3n) is 2.78. The number of aliphatic hydroxyl groups is 1. The van der Waals surface area contributed by atoms with E-state index in [0.29, 0.717) is 11.4 Å². The van der Waals surface area contributed by atoms with Gasteiger partial charge in [-0.3, -0.25) is 4.68 Å². The number of rotatable bonds is 5. The smallest absolute Gasteiger partial charge is 0.107 e. The first-order chi connectivity index (χ1) is 7.09. The van der Waals surface area contributed by atoms with Gasteiger partial charge in [-0.25, -0.2) is 0 Å². The Bertz CT molecular complexity index is 324. The monoisotopic (exact) mass is 230 g/mol. The first-order valence-corrected chi connectivity index (χ1v) is 5.91. The Hall–Kier alpha value is -0.540. The van der Waals surface area contributed by atoms with Gasteiger partial charge in [0.1, 0.15) is 5.60 Å². The summed E-state index contributed by atoms with van der Waals surface area (Å²) in [6.45, 7) is 6.75. The maximum Gasteiger partial charge on any atom is 0.107 e. The number of hydrogen-bond donors (Lipinski definition) is 1. The van der Waals surface area contributed by atoms with Gasteiger partial charge in [0.15, 0.2) is 0 Å². The summed E-state index contributed by atoms with van der Waals surface area (Å²) in [5, 5.41) is 15.2. The second kappa shape index (κ2) is 4.99. The standard InChI is InChI=1S/C11H19ClN2O/c1-4-7-11(15,5-2)10-9(12)8-13-14(10)6-3/h8,15H,4-7H2,1-3H3. The van der Waals surface area contributed by atoms with Crippen molar-refractivity contribution in [3.8, 4) is 0 Å². The molecular weight excluding hydrogens is 212 g/mol. The first kappa shape index (κ1) is 12.5. The zero-order valence-corrected chi connectivity index (χ0v) is 10.4. The lowest BCUT2D eigenvalue weighted by Gasteiger charge is -2.27. The molecule has 3 nitrogen and oxygen atoms in total. The fourth-order valence-electron chi connectivity index (χ4n) is 1.94. The predicted molar refractivity (Wildman–Crippen MR) is 62.0 cm³/mol. The fraction of sp³-hybridized carbons (Fsp3) is 0.727. The molecule has 15 heavy (non-hydrogen) atoms. The molecule has 0 aliphatic heterocycles.